The van der Waals surface area contributed by atoms with Crippen LogP contribution in [0.1, 0.15) is 24.2 Å². The fourth-order valence-corrected chi connectivity index (χ4v) is 2.82. The van der Waals surface area contributed by atoms with Gasteiger partial charge in [-0.1, -0.05) is 31.9 Å². The number of rotatable bonds is 3. The molecule has 0 saturated carbocycles. The van der Waals surface area contributed by atoms with Gasteiger partial charge in [-0.2, -0.15) is 13.2 Å². The lowest BCUT2D eigenvalue weighted by Crippen LogP contribution is -2.43. The van der Waals surface area contributed by atoms with E-state index in [1.807, 2.05) is 0 Å². The van der Waals surface area contributed by atoms with E-state index in [-0.39, 0.29) is 5.56 Å². The molecule has 0 aromatic heterocycles. The van der Waals surface area contributed by atoms with Gasteiger partial charge < -0.3 is 4.90 Å². The SMILES string of the molecule is CC(C)N(CC(F)(F)F)C(=O)c1cc(Br)cc(Br)c1. The molecule has 0 bridgehead atoms. The Kier molecular flexibility index (Phi) is 5.43. The van der Waals surface area contributed by atoms with E-state index in [1.54, 1.807) is 19.9 Å². The standard InChI is InChI=1S/C12H12Br2F3NO/c1-7(2)18(6-12(15,16)17)11(19)8-3-9(13)5-10(14)4-8/h3-5,7H,6H2,1-2H3. The van der Waals surface area contributed by atoms with Gasteiger partial charge in [0.25, 0.3) is 5.91 Å². The molecule has 0 N–H and O–H groups in total. The van der Waals surface area contributed by atoms with E-state index in [1.165, 1.54) is 12.1 Å². The Morgan fingerprint density at radius 2 is 1.68 bits per heavy atom. The fourth-order valence-electron chi connectivity index (χ4n) is 1.53. The van der Waals surface area contributed by atoms with Crippen molar-refractivity contribution in [2.45, 2.75) is 26.1 Å². The maximum atomic E-state index is 12.5. The maximum Gasteiger partial charge on any atom is 0.406 e. The second-order valence-electron chi connectivity index (χ2n) is 4.30. The minimum atomic E-state index is -4.41. The zero-order valence-electron chi connectivity index (χ0n) is 10.3. The molecule has 2 nitrogen and oxygen atoms in total. The van der Waals surface area contributed by atoms with Crippen LogP contribution >= 0.6 is 31.9 Å². The van der Waals surface area contributed by atoms with E-state index >= 15 is 0 Å². The maximum absolute atomic E-state index is 12.5. The largest absolute Gasteiger partial charge is 0.406 e. The number of carbonyl (C=O) groups is 1. The summed E-state index contributed by atoms with van der Waals surface area (Å²) in [4.78, 5) is 13.0. The summed E-state index contributed by atoms with van der Waals surface area (Å²) in [6.45, 7) is 1.85. The molecule has 1 aromatic carbocycles. The molecule has 0 saturated heterocycles. The van der Waals surface area contributed by atoms with Crippen molar-refractivity contribution in [3.63, 3.8) is 0 Å². The molecule has 0 atom stereocenters. The summed E-state index contributed by atoms with van der Waals surface area (Å²) in [5.41, 5.74) is 0.208. The molecule has 1 aromatic rings. The quantitative estimate of drug-likeness (QED) is 0.722. The first kappa shape index (κ1) is 16.5. The molecule has 1 rings (SSSR count). The van der Waals surface area contributed by atoms with Crippen LogP contribution < -0.4 is 0 Å². The van der Waals surface area contributed by atoms with E-state index in [2.05, 4.69) is 31.9 Å². The number of hydrogen-bond donors (Lipinski definition) is 0. The number of nitrogens with zero attached hydrogens (tertiary/aromatic N) is 1. The first-order valence-electron chi connectivity index (χ1n) is 5.44. The summed E-state index contributed by atoms with van der Waals surface area (Å²) in [5.74, 6) is -0.644. The minimum Gasteiger partial charge on any atom is -0.327 e. The number of carbonyl (C=O) groups excluding carboxylic acids is 1. The van der Waals surface area contributed by atoms with Gasteiger partial charge in [0.05, 0.1) is 0 Å². The van der Waals surface area contributed by atoms with Gasteiger partial charge in [0, 0.05) is 20.6 Å². The lowest BCUT2D eigenvalue weighted by molar-refractivity contribution is -0.143. The van der Waals surface area contributed by atoms with Gasteiger partial charge in [0.15, 0.2) is 0 Å². The highest BCUT2D eigenvalue weighted by atomic mass is 79.9. The second-order valence-corrected chi connectivity index (χ2v) is 6.13. The Hall–Kier alpha value is -0.560. The molecule has 0 unspecified atom stereocenters. The fraction of sp³-hybridized carbons (Fsp3) is 0.417. The van der Waals surface area contributed by atoms with Gasteiger partial charge in [-0.05, 0) is 32.0 Å². The van der Waals surface area contributed by atoms with E-state index in [0.717, 1.165) is 4.90 Å². The normalized spacial score (nSPS) is 11.8. The third-order valence-corrected chi connectivity index (χ3v) is 3.26. The second kappa shape index (κ2) is 6.26. The molecule has 7 heteroatoms. The van der Waals surface area contributed by atoms with Crippen LogP contribution in [0.25, 0.3) is 0 Å². The zero-order valence-corrected chi connectivity index (χ0v) is 13.4. The van der Waals surface area contributed by atoms with Crippen molar-refractivity contribution in [2.24, 2.45) is 0 Å². The highest BCUT2D eigenvalue weighted by molar-refractivity contribution is 9.11. The van der Waals surface area contributed by atoms with Crippen LogP contribution in [-0.2, 0) is 0 Å². The molecule has 0 aliphatic heterocycles. The smallest absolute Gasteiger partial charge is 0.327 e. The number of amides is 1. The summed E-state index contributed by atoms with van der Waals surface area (Å²) in [6.07, 6.45) is -4.41. The summed E-state index contributed by atoms with van der Waals surface area (Å²) in [7, 11) is 0. The van der Waals surface area contributed by atoms with Crippen molar-refractivity contribution >= 4 is 37.8 Å². The Bertz CT molecular complexity index is 454. The highest BCUT2D eigenvalue weighted by Gasteiger charge is 2.34. The Morgan fingerprint density at radius 3 is 2.05 bits per heavy atom. The van der Waals surface area contributed by atoms with Gasteiger partial charge in [-0.3, -0.25) is 4.79 Å². The van der Waals surface area contributed by atoms with Gasteiger partial charge in [0.1, 0.15) is 6.54 Å². The van der Waals surface area contributed by atoms with Crippen LogP contribution in [0.15, 0.2) is 27.1 Å². The van der Waals surface area contributed by atoms with E-state index in [4.69, 9.17) is 0 Å². The predicted molar refractivity (Wildman–Crippen MR) is 74.1 cm³/mol. The van der Waals surface area contributed by atoms with E-state index in [0.29, 0.717) is 8.95 Å². The third kappa shape index (κ3) is 5.14. The molecule has 0 spiro atoms. The van der Waals surface area contributed by atoms with Crippen LogP contribution in [0.3, 0.4) is 0 Å². The molecule has 19 heavy (non-hydrogen) atoms. The molecular weight excluding hydrogens is 391 g/mol. The van der Waals surface area contributed by atoms with E-state index in [9.17, 15) is 18.0 Å². The summed E-state index contributed by atoms with van der Waals surface area (Å²) in [6, 6.07) is 4.17. The van der Waals surface area contributed by atoms with Crippen molar-refractivity contribution in [3.05, 3.63) is 32.7 Å². The predicted octanol–water partition coefficient (Wildman–Crippen LogP) is 4.62. The molecule has 1 amide bonds. The minimum absolute atomic E-state index is 0.208. The van der Waals surface area contributed by atoms with E-state index < -0.39 is 24.7 Å². The lowest BCUT2D eigenvalue weighted by Gasteiger charge is -2.28. The average molecular weight is 403 g/mol. The Morgan fingerprint density at radius 1 is 1.21 bits per heavy atom. The van der Waals surface area contributed by atoms with Gasteiger partial charge in [0.2, 0.25) is 0 Å². The van der Waals surface area contributed by atoms with Crippen LogP contribution in [0.4, 0.5) is 13.2 Å². The van der Waals surface area contributed by atoms with Gasteiger partial charge >= 0.3 is 6.18 Å². The molecule has 0 radical (unpaired) electrons. The Labute approximate surface area is 126 Å². The third-order valence-electron chi connectivity index (χ3n) is 2.34. The van der Waals surface area contributed by atoms with Crippen LogP contribution in [-0.4, -0.2) is 29.6 Å². The Balaban J connectivity index is 3.06. The van der Waals surface area contributed by atoms with Crippen LogP contribution in [0.2, 0.25) is 0 Å². The summed E-state index contributed by atoms with van der Waals surface area (Å²) < 4.78 is 38.7. The van der Waals surface area contributed by atoms with Gasteiger partial charge in [-0.15, -0.1) is 0 Å². The van der Waals surface area contributed by atoms with Crippen LogP contribution in [0, 0.1) is 0 Å². The topological polar surface area (TPSA) is 20.3 Å². The average Bonchev–Trinajstić information content (AvgIpc) is 2.22. The zero-order chi connectivity index (χ0) is 14.8. The number of alkyl halides is 3. The van der Waals surface area contributed by atoms with Crippen LogP contribution in [0.5, 0.6) is 0 Å². The van der Waals surface area contributed by atoms with Crippen molar-refractivity contribution in [2.75, 3.05) is 6.54 Å². The number of benzene rings is 1. The van der Waals surface area contributed by atoms with Crippen molar-refractivity contribution < 1.29 is 18.0 Å². The molecule has 0 fully saturated rings. The monoisotopic (exact) mass is 401 g/mol. The van der Waals surface area contributed by atoms with Crippen molar-refractivity contribution in [1.82, 2.24) is 4.90 Å². The highest BCUT2D eigenvalue weighted by Crippen LogP contribution is 2.24. The van der Waals surface area contributed by atoms with Crippen molar-refractivity contribution in [1.29, 1.82) is 0 Å². The molecule has 0 aliphatic carbocycles. The lowest BCUT2D eigenvalue weighted by atomic mass is 10.1. The molecule has 0 aliphatic rings. The summed E-state index contributed by atoms with van der Waals surface area (Å²) in [5, 5.41) is 0. The number of halogens is 5. The summed E-state index contributed by atoms with van der Waals surface area (Å²) >= 11 is 6.41. The molecular formula is C12H12Br2F3NO. The first-order valence-corrected chi connectivity index (χ1v) is 7.02. The number of hydrogen-bond acceptors (Lipinski definition) is 1. The molecule has 106 valence electrons. The first-order chi connectivity index (χ1) is 8.60. The van der Waals surface area contributed by atoms with Crippen molar-refractivity contribution in [3.8, 4) is 0 Å². The van der Waals surface area contributed by atoms with Gasteiger partial charge in [-0.25, -0.2) is 0 Å². The molecule has 0 heterocycles.